The van der Waals surface area contributed by atoms with E-state index >= 15 is 0 Å². The van der Waals surface area contributed by atoms with Crippen molar-refractivity contribution in [2.24, 2.45) is 0 Å². The monoisotopic (exact) mass is 370 g/mol. The van der Waals surface area contributed by atoms with Gasteiger partial charge in [-0.25, -0.2) is 4.79 Å². The molecule has 1 saturated heterocycles. The molecule has 0 unspecified atom stereocenters. The number of rotatable bonds is 9. The highest BCUT2D eigenvalue weighted by atomic mass is 16.7. The first-order valence-corrected chi connectivity index (χ1v) is 9.15. The normalized spacial score (nSPS) is 14.0. The molecule has 3 rings (SSSR count). The minimum atomic E-state index is -0.539. The second kappa shape index (κ2) is 9.07. The largest absolute Gasteiger partial charge is 0.333 e. The predicted octanol–water partition coefficient (Wildman–Crippen LogP) is 2.50. The number of imide groups is 1. The minimum Gasteiger partial charge on any atom is -0.330 e. The van der Waals surface area contributed by atoms with Gasteiger partial charge in [0.2, 0.25) is 0 Å². The Morgan fingerprint density at radius 3 is 2.44 bits per heavy atom. The molecule has 0 aliphatic carbocycles. The van der Waals surface area contributed by atoms with Crippen molar-refractivity contribution < 1.29 is 19.2 Å². The lowest BCUT2D eigenvalue weighted by atomic mass is 10.1. The number of carbonyl (C=O) groups excluding carboxylic acids is 3. The molecule has 0 atom stereocenters. The molecule has 8 nitrogen and oxygen atoms in total. The molecular weight excluding hydrogens is 348 g/mol. The molecule has 1 fully saturated rings. The summed E-state index contributed by atoms with van der Waals surface area (Å²) in [5, 5.41) is 8.91. The summed E-state index contributed by atoms with van der Waals surface area (Å²) in [6, 6.07) is 9.89. The quantitative estimate of drug-likeness (QED) is 0.497. The Balaban J connectivity index is 1.30. The number of aromatic nitrogens is 3. The van der Waals surface area contributed by atoms with E-state index in [9.17, 15) is 14.4 Å². The number of hydroxylamine groups is 2. The molecule has 2 heterocycles. The Kier molecular flexibility index (Phi) is 6.30. The van der Waals surface area contributed by atoms with Crippen LogP contribution in [0.1, 0.15) is 44.9 Å². The van der Waals surface area contributed by atoms with Gasteiger partial charge in [-0.3, -0.25) is 14.3 Å². The van der Waals surface area contributed by atoms with Gasteiger partial charge in [-0.2, -0.15) is 0 Å². The molecule has 0 saturated carbocycles. The number of amides is 2. The van der Waals surface area contributed by atoms with Gasteiger partial charge in [-0.15, -0.1) is 10.2 Å². The third-order valence-corrected chi connectivity index (χ3v) is 4.33. The third-order valence-electron chi connectivity index (χ3n) is 4.33. The maximum atomic E-state index is 11.7. The molecule has 27 heavy (non-hydrogen) atoms. The Bertz CT molecular complexity index is 787. The van der Waals surface area contributed by atoms with E-state index in [0.29, 0.717) is 11.5 Å². The number of benzene rings is 1. The van der Waals surface area contributed by atoms with Crippen molar-refractivity contribution in [2.45, 2.75) is 51.5 Å². The van der Waals surface area contributed by atoms with Gasteiger partial charge >= 0.3 is 5.97 Å². The van der Waals surface area contributed by atoms with Gasteiger partial charge in [0.15, 0.2) is 0 Å². The Labute approximate surface area is 157 Å². The van der Waals surface area contributed by atoms with Gasteiger partial charge in [0, 0.05) is 31.4 Å². The van der Waals surface area contributed by atoms with Gasteiger partial charge in [0.05, 0.1) is 6.20 Å². The Morgan fingerprint density at radius 1 is 1.00 bits per heavy atom. The highest BCUT2D eigenvalue weighted by Crippen LogP contribution is 2.16. The standard InChI is InChI=1S/C19H22N4O4/c24-17-11-12-18(25)23(17)27-19(26)10-6-1-2-7-13-22-14-16(20-21-22)15-8-4-3-5-9-15/h3-5,8-9,14H,1-2,6-7,10-13H2. The van der Waals surface area contributed by atoms with Crippen LogP contribution in [-0.2, 0) is 25.8 Å². The Hall–Kier alpha value is -3.03. The minimum absolute atomic E-state index is 0.111. The van der Waals surface area contributed by atoms with E-state index < -0.39 is 17.8 Å². The van der Waals surface area contributed by atoms with Crippen molar-refractivity contribution in [2.75, 3.05) is 0 Å². The molecule has 0 spiro atoms. The van der Waals surface area contributed by atoms with Gasteiger partial charge in [0.1, 0.15) is 5.69 Å². The average Bonchev–Trinajstić information content (AvgIpc) is 3.27. The molecule has 1 aromatic heterocycles. The van der Waals surface area contributed by atoms with Crippen LogP contribution in [0.2, 0.25) is 0 Å². The van der Waals surface area contributed by atoms with E-state index in [-0.39, 0.29) is 19.3 Å². The van der Waals surface area contributed by atoms with Crippen LogP contribution < -0.4 is 0 Å². The molecule has 0 N–H and O–H groups in total. The average molecular weight is 370 g/mol. The van der Waals surface area contributed by atoms with Crippen LogP contribution >= 0.6 is 0 Å². The van der Waals surface area contributed by atoms with E-state index in [1.54, 1.807) is 0 Å². The smallest absolute Gasteiger partial charge is 0.330 e. The van der Waals surface area contributed by atoms with E-state index in [0.717, 1.165) is 37.1 Å². The van der Waals surface area contributed by atoms with Crippen molar-refractivity contribution in [1.29, 1.82) is 0 Å². The predicted molar refractivity (Wildman–Crippen MR) is 95.7 cm³/mol. The third kappa shape index (κ3) is 5.22. The zero-order valence-corrected chi connectivity index (χ0v) is 15.0. The molecule has 0 radical (unpaired) electrons. The van der Waals surface area contributed by atoms with Gasteiger partial charge < -0.3 is 4.84 Å². The van der Waals surface area contributed by atoms with Crippen LogP contribution in [0.25, 0.3) is 11.3 Å². The summed E-state index contributed by atoms with van der Waals surface area (Å²) in [5.74, 6) is -1.44. The highest BCUT2D eigenvalue weighted by Gasteiger charge is 2.32. The number of hydrogen-bond donors (Lipinski definition) is 0. The Morgan fingerprint density at radius 2 is 1.70 bits per heavy atom. The lowest BCUT2D eigenvalue weighted by molar-refractivity contribution is -0.197. The van der Waals surface area contributed by atoms with Crippen molar-refractivity contribution in [1.82, 2.24) is 20.1 Å². The van der Waals surface area contributed by atoms with Crippen LogP contribution in [0.15, 0.2) is 36.5 Å². The number of carbonyl (C=O) groups is 3. The maximum absolute atomic E-state index is 11.7. The SMILES string of the molecule is O=C(CCCCCCn1cc(-c2ccccc2)nn1)ON1C(=O)CCC1=O. The fourth-order valence-corrected chi connectivity index (χ4v) is 2.85. The zero-order chi connectivity index (χ0) is 19.1. The van der Waals surface area contributed by atoms with Gasteiger partial charge in [-0.1, -0.05) is 48.4 Å². The molecular formula is C19H22N4O4. The van der Waals surface area contributed by atoms with E-state index in [2.05, 4.69) is 10.3 Å². The second-order valence-corrected chi connectivity index (χ2v) is 6.44. The van der Waals surface area contributed by atoms with Crippen molar-refractivity contribution >= 4 is 17.8 Å². The summed E-state index contributed by atoms with van der Waals surface area (Å²) >= 11 is 0. The summed E-state index contributed by atoms with van der Waals surface area (Å²) in [6.07, 6.45) is 5.72. The first-order valence-electron chi connectivity index (χ1n) is 9.15. The topological polar surface area (TPSA) is 94.4 Å². The summed E-state index contributed by atoms with van der Waals surface area (Å²) < 4.78 is 1.82. The van der Waals surface area contributed by atoms with Gasteiger partial charge in [-0.05, 0) is 12.8 Å². The molecule has 142 valence electrons. The molecule has 8 heteroatoms. The fraction of sp³-hybridized carbons (Fsp3) is 0.421. The van der Waals surface area contributed by atoms with Crippen LogP contribution in [0.4, 0.5) is 0 Å². The van der Waals surface area contributed by atoms with Crippen molar-refractivity contribution in [3.63, 3.8) is 0 Å². The fourth-order valence-electron chi connectivity index (χ4n) is 2.85. The van der Waals surface area contributed by atoms with Gasteiger partial charge in [0.25, 0.3) is 11.8 Å². The second-order valence-electron chi connectivity index (χ2n) is 6.44. The number of nitrogens with zero attached hydrogens (tertiary/aromatic N) is 4. The number of aryl methyl sites for hydroxylation is 1. The van der Waals surface area contributed by atoms with E-state index in [1.165, 1.54) is 0 Å². The number of hydrogen-bond acceptors (Lipinski definition) is 6. The summed E-state index contributed by atoms with van der Waals surface area (Å²) in [7, 11) is 0. The van der Waals surface area contributed by atoms with Crippen LogP contribution in [0, 0.1) is 0 Å². The summed E-state index contributed by atoms with van der Waals surface area (Å²) in [6.45, 7) is 0.765. The maximum Gasteiger partial charge on any atom is 0.333 e. The van der Waals surface area contributed by atoms with E-state index in [1.807, 2.05) is 41.2 Å². The van der Waals surface area contributed by atoms with E-state index in [4.69, 9.17) is 4.84 Å². The zero-order valence-electron chi connectivity index (χ0n) is 15.0. The summed E-state index contributed by atoms with van der Waals surface area (Å²) in [4.78, 5) is 39.3. The highest BCUT2D eigenvalue weighted by molar-refractivity contribution is 6.01. The van der Waals surface area contributed by atoms with Crippen LogP contribution in [-0.4, -0.2) is 37.8 Å². The molecule has 1 aromatic carbocycles. The molecule has 2 amide bonds. The molecule has 1 aliphatic heterocycles. The first kappa shape index (κ1) is 18.8. The lowest BCUT2D eigenvalue weighted by Gasteiger charge is -2.12. The van der Waals surface area contributed by atoms with Crippen LogP contribution in [0.5, 0.6) is 0 Å². The van der Waals surface area contributed by atoms with Crippen LogP contribution in [0.3, 0.4) is 0 Å². The first-order chi connectivity index (χ1) is 13.1. The van der Waals surface area contributed by atoms with Crippen molar-refractivity contribution in [3.05, 3.63) is 36.5 Å². The molecule has 2 aromatic rings. The molecule has 1 aliphatic rings. The number of unbranched alkanes of at least 4 members (excludes halogenated alkanes) is 3. The van der Waals surface area contributed by atoms with Crippen molar-refractivity contribution in [3.8, 4) is 11.3 Å². The lowest BCUT2D eigenvalue weighted by Crippen LogP contribution is -2.31. The summed E-state index contributed by atoms with van der Waals surface area (Å²) in [5.41, 5.74) is 1.89. The molecule has 0 bridgehead atoms.